The molecule has 0 aliphatic heterocycles. The minimum atomic E-state index is -0.442. The standard InChI is InChI=1S/C22H23N3O5/c1-15-13-19(28-2)20(29-3)14-18(15)23-22(27)17-9-10-21(26)25(24-17)11-12-30-16-7-5-4-6-8-16/h4-10,13-14H,11-12H2,1-3H3,(H,23,27). The summed E-state index contributed by atoms with van der Waals surface area (Å²) in [7, 11) is 3.07. The van der Waals surface area contributed by atoms with Crippen LogP contribution in [-0.4, -0.2) is 36.5 Å². The number of anilines is 1. The number of carbonyl (C=O) groups excluding carboxylic acids is 1. The number of hydrogen-bond acceptors (Lipinski definition) is 6. The summed E-state index contributed by atoms with van der Waals surface area (Å²) < 4.78 is 17.3. The van der Waals surface area contributed by atoms with Crippen molar-refractivity contribution in [1.82, 2.24) is 9.78 Å². The normalized spacial score (nSPS) is 10.4. The number of nitrogens with one attached hydrogen (secondary N) is 1. The highest BCUT2D eigenvalue weighted by molar-refractivity contribution is 6.03. The van der Waals surface area contributed by atoms with Gasteiger partial charge in [0.15, 0.2) is 11.5 Å². The summed E-state index contributed by atoms with van der Waals surface area (Å²) in [5.41, 5.74) is 1.16. The lowest BCUT2D eigenvalue weighted by atomic mass is 10.1. The summed E-state index contributed by atoms with van der Waals surface area (Å²) >= 11 is 0. The van der Waals surface area contributed by atoms with E-state index in [1.807, 2.05) is 37.3 Å². The lowest BCUT2D eigenvalue weighted by Gasteiger charge is -2.14. The van der Waals surface area contributed by atoms with Gasteiger partial charge in [-0.3, -0.25) is 9.59 Å². The highest BCUT2D eigenvalue weighted by Crippen LogP contribution is 2.33. The zero-order valence-corrected chi connectivity index (χ0v) is 17.0. The minimum Gasteiger partial charge on any atom is -0.493 e. The van der Waals surface area contributed by atoms with E-state index in [0.717, 1.165) is 5.56 Å². The average Bonchev–Trinajstić information content (AvgIpc) is 2.76. The number of rotatable bonds is 8. The molecule has 1 aromatic heterocycles. The maximum absolute atomic E-state index is 12.7. The Morgan fingerprint density at radius 2 is 1.73 bits per heavy atom. The first-order valence-corrected chi connectivity index (χ1v) is 9.32. The van der Waals surface area contributed by atoms with E-state index in [1.165, 1.54) is 23.9 Å². The highest BCUT2D eigenvalue weighted by atomic mass is 16.5. The maximum atomic E-state index is 12.7. The summed E-state index contributed by atoms with van der Waals surface area (Å²) in [4.78, 5) is 24.8. The molecule has 1 amide bonds. The van der Waals surface area contributed by atoms with E-state index in [2.05, 4.69) is 10.4 Å². The summed E-state index contributed by atoms with van der Waals surface area (Å²) in [6.07, 6.45) is 0. The summed E-state index contributed by atoms with van der Waals surface area (Å²) in [6.45, 7) is 2.30. The number of carbonyl (C=O) groups is 1. The van der Waals surface area contributed by atoms with Gasteiger partial charge in [-0.1, -0.05) is 18.2 Å². The second-order valence-electron chi connectivity index (χ2n) is 6.42. The smallest absolute Gasteiger partial charge is 0.276 e. The average molecular weight is 409 g/mol. The molecule has 1 N–H and O–H groups in total. The van der Waals surface area contributed by atoms with E-state index < -0.39 is 5.91 Å². The number of para-hydroxylation sites is 1. The van der Waals surface area contributed by atoms with Gasteiger partial charge in [-0.25, -0.2) is 4.68 Å². The zero-order valence-electron chi connectivity index (χ0n) is 17.0. The van der Waals surface area contributed by atoms with Crippen LogP contribution in [0.3, 0.4) is 0 Å². The van der Waals surface area contributed by atoms with Crippen molar-refractivity contribution in [2.75, 3.05) is 26.1 Å². The fraction of sp³-hybridized carbons (Fsp3) is 0.227. The molecule has 30 heavy (non-hydrogen) atoms. The van der Waals surface area contributed by atoms with Crippen LogP contribution in [-0.2, 0) is 6.54 Å². The quantitative estimate of drug-likeness (QED) is 0.615. The molecule has 0 saturated carbocycles. The van der Waals surface area contributed by atoms with Crippen LogP contribution < -0.4 is 25.1 Å². The van der Waals surface area contributed by atoms with Crippen molar-refractivity contribution in [3.05, 3.63) is 76.2 Å². The first-order valence-electron chi connectivity index (χ1n) is 9.32. The molecule has 0 fully saturated rings. The van der Waals surface area contributed by atoms with E-state index in [-0.39, 0.29) is 24.4 Å². The van der Waals surface area contributed by atoms with Crippen LogP contribution in [0.25, 0.3) is 0 Å². The van der Waals surface area contributed by atoms with Crippen molar-refractivity contribution in [2.45, 2.75) is 13.5 Å². The summed E-state index contributed by atoms with van der Waals surface area (Å²) in [5, 5.41) is 6.96. The molecule has 0 radical (unpaired) electrons. The number of aromatic nitrogens is 2. The molecule has 0 aliphatic rings. The molecule has 8 heteroatoms. The van der Waals surface area contributed by atoms with E-state index >= 15 is 0 Å². The van der Waals surface area contributed by atoms with Crippen LogP contribution in [0.1, 0.15) is 16.1 Å². The van der Waals surface area contributed by atoms with Gasteiger partial charge in [0.05, 0.1) is 20.8 Å². The predicted molar refractivity (Wildman–Crippen MR) is 113 cm³/mol. The van der Waals surface area contributed by atoms with Gasteiger partial charge >= 0.3 is 0 Å². The Labute approximate surface area is 174 Å². The molecule has 8 nitrogen and oxygen atoms in total. The largest absolute Gasteiger partial charge is 0.493 e. The number of hydrogen-bond donors (Lipinski definition) is 1. The first kappa shape index (κ1) is 20.9. The molecule has 156 valence electrons. The van der Waals surface area contributed by atoms with E-state index in [1.54, 1.807) is 19.2 Å². The lowest BCUT2D eigenvalue weighted by Crippen LogP contribution is -2.28. The molecule has 0 spiro atoms. The molecule has 3 aromatic rings. The number of nitrogens with zero attached hydrogens (tertiary/aromatic N) is 2. The highest BCUT2D eigenvalue weighted by Gasteiger charge is 2.14. The molecule has 0 saturated heterocycles. The van der Waals surface area contributed by atoms with Gasteiger partial charge in [-0.05, 0) is 36.8 Å². The third-order valence-electron chi connectivity index (χ3n) is 4.39. The van der Waals surface area contributed by atoms with E-state index in [4.69, 9.17) is 14.2 Å². The fourth-order valence-electron chi connectivity index (χ4n) is 2.80. The van der Waals surface area contributed by atoms with Crippen LogP contribution in [0.5, 0.6) is 17.2 Å². The molecule has 0 atom stereocenters. The molecule has 1 heterocycles. The van der Waals surface area contributed by atoms with Crippen LogP contribution in [0.15, 0.2) is 59.4 Å². The van der Waals surface area contributed by atoms with Gasteiger partial charge in [0.1, 0.15) is 18.1 Å². The second-order valence-corrected chi connectivity index (χ2v) is 6.42. The molecule has 0 unspecified atom stereocenters. The third-order valence-corrected chi connectivity index (χ3v) is 4.39. The number of methoxy groups -OCH3 is 2. The Balaban J connectivity index is 1.72. The van der Waals surface area contributed by atoms with Crippen LogP contribution in [0.4, 0.5) is 5.69 Å². The number of benzene rings is 2. The van der Waals surface area contributed by atoms with Gasteiger partial charge in [-0.2, -0.15) is 5.10 Å². The first-order chi connectivity index (χ1) is 14.5. The van der Waals surface area contributed by atoms with Crippen molar-refractivity contribution < 1.29 is 19.0 Å². The predicted octanol–water partition coefficient (Wildman–Crippen LogP) is 2.90. The van der Waals surface area contributed by atoms with Gasteiger partial charge in [0.25, 0.3) is 11.5 Å². The van der Waals surface area contributed by atoms with Crippen molar-refractivity contribution in [2.24, 2.45) is 0 Å². The second kappa shape index (κ2) is 9.60. The molecular weight excluding hydrogens is 386 g/mol. The van der Waals surface area contributed by atoms with E-state index in [0.29, 0.717) is 22.9 Å². The topological polar surface area (TPSA) is 91.7 Å². The summed E-state index contributed by atoms with van der Waals surface area (Å²) in [5.74, 6) is 1.32. The Morgan fingerprint density at radius 1 is 1.03 bits per heavy atom. The molecule has 2 aromatic carbocycles. The zero-order chi connectivity index (χ0) is 21.5. The number of aryl methyl sites for hydroxylation is 1. The van der Waals surface area contributed by atoms with Crippen LogP contribution >= 0.6 is 0 Å². The third kappa shape index (κ3) is 4.96. The fourth-order valence-corrected chi connectivity index (χ4v) is 2.80. The monoisotopic (exact) mass is 409 g/mol. The van der Waals surface area contributed by atoms with Crippen molar-refractivity contribution in [1.29, 1.82) is 0 Å². The van der Waals surface area contributed by atoms with Crippen molar-refractivity contribution in [3.63, 3.8) is 0 Å². The Morgan fingerprint density at radius 3 is 2.43 bits per heavy atom. The SMILES string of the molecule is COc1cc(C)c(NC(=O)c2ccc(=O)n(CCOc3ccccc3)n2)cc1OC. The van der Waals surface area contributed by atoms with Gasteiger partial charge in [0, 0.05) is 17.8 Å². The van der Waals surface area contributed by atoms with Gasteiger partial charge in [-0.15, -0.1) is 0 Å². The molecule has 0 bridgehead atoms. The Kier molecular flexibility index (Phi) is 6.69. The minimum absolute atomic E-state index is 0.114. The van der Waals surface area contributed by atoms with Gasteiger partial charge in [0.2, 0.25) is 0 Å². The lowest BCUT2D eigenvalue weighted by molar-refractivity contribution is 0.101. The Bertz CT molecular complexity index is 1080. The van der Waals surface area contributed by atoms with Gasteiger partial charge < -0.3 is 19.5 Å². The molecule has 0 aliphatic carbocycles. The summed E-state index contributed by atoms with van der Waals surface area (Å²) in [6, 6.07) is 15.4. The Hall–Kier alpha value is -3.81. The van der Waals surface area contributed by atoms with Crippen LogP contribution in [0, 0.1) is 6.92 Å². The molecule has 3 rings (SSSR count). The maximum Gasteiger partial charge on any atom is 0.276 e. The molecular formula is C22H23N3O5. The van der Waals surface area contributed by atoms with Crippen LogP contribution in [0.2, 0.25) is 0 Å². The number of ether oxygens (including phenoxy) is 3. The van der Waals surface area contributed by atoms with Crippen molar-refractivity contribution in [3.8, 4) is 17.2 Å². The van der Waals surface area contributed by atoms with Crippen molar-refractivity contribution >= 4 is 11.6 Å². The number of amides is 1. The van der Waals surface area contributed by atoms with E-state index in [9.17, 15) is 9.59 Å².